The van der Waals surface area contributed by atoms with Gasteiger partial charge in [-0.05, 0) is 100 Å². The van der Waals surface area contributed by atoms with Gasteiger partial charge in [0.05, 0.1) is 17.2 Å². The molecule has 1 aromatic heterocycles. The first-order valence-corrected chi connectivity index (χ1v) is 12.5. The molecule has 0 saturated heterocycles. The van der Waals surface area contributed by atoms with Crippen LogP contribution in [0.3, 0.4) is 0 Å². The van der Waals surface area contributed by atoms with E-state index in [1.165, 1.54) is 16.9 Å². The topological polar surface area (TPSA) is 79.1 Å². The summed E-state index contributed by atoms with van der Waals surface area (Å²) in [4.78, 5) is 2.47. The molecule has 2 saturated carbocycles. The van der Waals surface area contributed by atoms with Crippen molar-refractivity contribution in [3.8, 4) is 17.2 Å². The van der Waals surface area contributed by atoms with Crippen LogP contribution in [0, 0.1) is 38.0 Å². The summed E-state index contributed by atoms with van der Waals surface area (Å²) < 4.78 is 5.46. The Balaban J connectivity index is 1.53. The molecule has 0 aliphatic heterocycles. The third kappa shape index (κ3) is 4.23. The predicted molar refractivity (Wildman–Crippen MR) is 136 cm³/mol. The molecule has 0 unspecified atom stereocenters. The minimum atomic E-state index is -0.262. The Kier molecular flexibility index (Phi) is 5.95. The number of rotatable bonds is 6. The van der Waals surface area contributed by atoms with Crippen molar-refractivity contribution in [3.05, 3.63) is 65.0 Å². The van der Waals surface area contributed by atoms with Gasteiger partial charge in [0.2, 0.25) is 0 Å². The van der Waals surface area contributed by atoms with E-state index in [1.807, 2.05) is 13.8 Å². The molecule has 2 aliphatic rings. The molecule has 0 atom stereocenters. The molecule has 176 valence electrons. The van der Waals surface area contributed by atoms with Crippen LogP contribution >= 0.6 is 0 Å². The van der Waals surface area contributed by atoms with Gasteiger partial charge in [-0.2, -0.15) is 5.26 Å². The molecule has 0 amide bonds. The van der Waals surface area contributed by atoms with E-state index >= 15 is 0 Å². The summed E-state index contributed by atoms with van der Waals surface area (Å²) >= 11 is 0. The van der Waals surface area contributed by atoms with E-state index in [2.05, 4.69) is 65.5 Å². The molecule has 2 N–H and O–H groups in total. The number of nitrogens with two attached hydrogens (primary N) is 1. The molecule has 0 radical (unpaired) electrons. The summed E-state index contributed by atoms with van der Waals surface area (Å²) in [5.41, 5.74) is 13.8. The summed E-state index contributed by atoms with van der Waals surface area (Å²) in [6.07, 6.45) is 6.45. The lowest BCUT2D eigenvalue weighted by atomic mass is 9.85. The number of hydrogen-bond acceptors (Lipinski definition) is 5. The number of aryl methyl sites for hydroxylation is 3. The van der Waals surface area contributed by atoms with Gasteiger partial charge in [0.1, 0.15) is 5.76 Å². The second kappa shape index (κ2) is 8.92. The van der Waals surface area contributed by atoms with Crippen molar-refractivity contribution in [3.63, 3.8) is 0 Å². The summed E-state index contributed by atoms with van der Waals surface area (Å²) in [7, 11) is 0. The van der Waals surface area contributed by atoms with E-state index in [4.69, 9.17) is 10.3 Å². The molecule has 34 heavy (non-hydrogen) atoms. The summed E-state index contributed by atoms with van der Waals surface area (Å²) in [5.74, 6) is 1.45. The average Bonchev–Trinajstić information content (AvgIpc) is 3.58. The van der Waals surface area contributed by atoms with Gasteiger partial charge in [-0.15, -0.1) is 0 Å². The Labute approximate surface area is 202 Å². The van der Waals surface area contributed by atoms with Crippen molar-refractivity contribution < 1.29 is 4.52 Å². The highest BCUT2D eigenvalue weighted by atomic mass is 16.5. The first-order chi connectivity index (χ1) is 16.4. The fraction of sp³-hybridized carbons (Fsp3) is 0.448. The first-order valence-electron chi connectivity index (χ1n) is 12.5. The molecular formula is C29H34N4O. The molecule has 3 aromatic rings. The van der Waals surface area contributed by atoms with Crippen LogP contribution in [0.5, 0.6) is 0 Å². The van der Waals surface area contributed by atoms with Crippen molar-refractivity contribution in [2.75, 3.05) is 11.4 Å². The highest BCUT2D eigenvalue weighted by molar-refractivity contribution is 5.76. The number of anilines is 2. The fourth-order valence-corrected chi connectivity index (χ4v) is 5.47. The maximum absolute atomic E-state index is 9.62. The van der Waals surface area contributed by atoms with Crippen LogP contribution in [0.4, 0.5) is 11.4 Å². The molecule has 0 bridgehead atoms. The third-order valence-electron chi connectivity index (χ3n) is 7.85. The largest absolute Gasteiger partial charge is 0.361 e. The maximum Gasteiger partial charge on any atom is 0.141 e. The second-order valence-corrected chi connectivity index (χ2v) is 10.3. The minimum absolute atomic E-state index is 0.262. The highest BCUT2D eigenvalue weighted by Crippen LogP contribution is 2.48. The number of aromatic nitrogens is 1. The zero-order chi connectivity index (χ0) is 23.9. The lowest BCUT2D eigenvalue weighted by Crippen LogP contribution is -2.32. The fourth-order valence-electron chi connectivity index (χ4n) is 5.47. The van der Waals surface area contributed by atoms with Gasteiger partial charge in [0.15, 0.2) is 0 Å². The van der Waals surface area contributed by atoms with Crippen LogP contribution in [0.15, 0.2) is 47.0 Å². The van der Waals surface area contributed by atoms with Gasteiger partial charge in [0.25, 0.3) is 0 Å². The van der Waals surface area contributed by atoms with Gasteiger partial charge in [-0.25, -0.2) is 0 Å². The molecule has 2 aliphatic carbocycles. The van der Waals surface area contributed by atoms with E-state index in [0.29, 0.717) is 12.0 Å². The molecule has 0 spiro atoms. The lowest BCUT2D eigenvalue weighted by Gasteiger charge is -2.34. The maximum atomic E-state index is 9.62. The van der Waals surface area contributed by atoms with Crippen LogP contribution in [-0.2, 0) is 5.41 Å². The number of benzene rings is 2. The zero-order valence-electron chi connectivity index (χ0n) is 20.5. The third-order valence-corrected chi connectivity index (χ3v) is 7.85. The van der Waals surface area contributed by atoms with Gasteiger partial charge < -0.3 is 15.2 Å². The Morgan fingerprint density at radius 3 is 2.35 bits per heavy atom. The zero-order valence-corrected chi connectivity index (χ0v) is 20.5. The summed E-state index contributed by atoms with van der Waals surface area (Å²) in [6, 6.07) is 18.2. The first kappa shape index (κ1) is 22.7. The van der Waals surface area contributed by atoms with Gasteiger partial charge in [-0.1, -0.05) is 29.4 Å². The van der Waals surface area contributed by atoms with E-state index in [9.17, 15) is 5.26 Å². The molecular weight excluding hydrogens is 420 g/mol. The molecule has 5 rings (SSSR count). The minimum Gasteiger partial charge on any atom is -0.361 e. The standard InChI is InChI=1S/C29H34N4O/c1-19-4-7-23(28-20(2)32-34-21(28)3)16-27(19)33(17-22-5-10-25(31)11-6-22)26-12-8-24(9-13-26)29(18-30)14-15-29/h4,7-9,12-13,16,22,25H,5-6,10-11,14-15,17,31H2,1-3H3. The van der Waals surface area contributed by atoms with E-state index in [1.54, 1.807) is 0 Å². The smallest absolute Gasteiger partial charge is 0.141 e. The van der Waals surface area contributed by atoms with Crippen molar-refractivity contribution in [2.24, 2.45) is 11.7 Å². The Hall–Kier alpha value is -3.10. The van der Waals surface area contributed by atoms with Crippen molar-refractivity contribution in [1.82, 2.24) is 5.16 Å². The van der Waals surface area contributed by atoms with E-state index in [-0.39, 0.29) is 5.41 Å². The van der Waals surface area contributed by atoms with Crippen LogP contribution in [0.2, 0.25) is 0 Å². The normalized spacial score (nSPS) is 21.1. The number of nitrogens with zero attached hydrogens (tertiary/aromatic N) is 3. The van der Waals surface area contributed by atoms with Crippen LogP contribution in [0.1, 0.15) is 61.1 Å². The molecule has 2 fully saturated rings. The predicted octanol–water partition coefficient (Wildman–Crippen LogP) is 6.48. The van der Waals surface area contributed by atoms with E-state index < -0.39 is 0 Å². The van der Waals surface area contributed by atoms with Crippen molar-refractivity contribution in [1.29, 1.82) is 5.26 Å². The van der Waals surface area contributed by atoms with Crippen LogP contribution in [0.25, 0.3) is 11.1 Å². The van der Waals surface area contributed by atoms with Gasteiger partial charge >= 0.3 is 0 Å². The van der Waals surface area contributed by atoms with Crippen molar-refractivity contribution >= 4 is 11.4 Å². The molecule has 2 aromatic carbocycles. The van der Waals surface area contributed by atoms with Crippen LogP contribution in [-0.4, -0.2) is 17.7 Å². The van der Waals surface area contributed by atoms with Gasteiger partial charge in [-0.3, -0.25) is 0 Å². The lowest BCUT2D eigenvalue weighted by molar-refractivity contribution is 0.332. The molecule has 5 nitrogen and oxygen atoms in total. The van der Waals surface area contributed by atoms with E-state index in [0.717, 1.165) is 73.2 Å². The number of nitriles is 1. The average molecular weight is 455 g/mol. The number of hydrogen-bond donors (Lipinski definition) is 1. The van der Waals surface area contributed by atoms with Crippen LogP contribution < -0.4 is 10.6 Å². The second-order valence-electron chi connectivity index (χ2n) is 10.3. The Morgan fingerprint density at radius 1 is 1.06 bits per heavy atom. The van der Waals surface area contributed by atoms with Crippen molar-refractivity contribution in [2.45, 2.75) is 70.8 Å². The highest BCUT2D eigenvalue weighted by Gasteiger charge is 2.44. The summed E-state index contributed by atoms with van der Waals surface area (Å²) in [5, 5.41) is 13.8. The monoisotopic (exact) mass is 454 g/mol. The SMILES string of the molecule is Cc1ccc(-c2c(C)noc2C)cc1N(CC1CCC(N)CC1)c1ccc(C2(C#N)CC2)cc1. The molecule has 1 heterocycles. The quantitative estimate of drug-likeness (QED) is 0.461. The molecule has 5 heteroatoms. The Bertz CT molecular complexity index is 1190. The van der Waals surface area contributed by atoms with Gasteiger partial charge in [0, 0.05) is 29.5 Å². The summed E-state index contributed by atoms with van der Waals surface area (Å²) in [6.45, 7) is 7.11. The Morgan fingerprint density at radius 2 is 1.76 bits per heavy atom.